The lowest BCUT2D eigenvalue weighted by Crippen LogP contribution is -2.48. The Morgan fingerprint density at radius 3 is 2.55 bits per heavy atom. The Balaban J connectivity index is 1.61. The van der Waals surface area contributed by atoms with Crippen molar-refractivity contribution in [2.24, 2.45) is 11.8 Å². The van der Waals surface area contributed by atoms with Crippen molar-refractivity contribution in [3.63, 3.8) is 0 Å². The Morgan fingerprint density at radius 2 is 1.91 bits per heavy atom. The highest BCUT2D eigenvalue weighted by molar-refractivity contribution is 5.71. The molecule has 1 saturated carbocycles. The minimum absolute atomic E-state index is 0.0000108. The molecular formula is C19H25NO2. The predicted molar refractivity (Wildman–Crippen MR) is 85.2 cm³/mol. The van der Waals surface area contributed by atoms with Crippen LogP contribution in [0.15, 0.2) is 30.3 Å². The molecule has 2 bridgehead atoms. The first-order valence-corrected chi connectivity index (χ1v) is 8.70. The molecule has 3 fully saturated rings. The van der Waals surface area contributed by atoms with Crippen LogP contribution in [-0.4, -0.2) is 29.1 Å². The Bertz CT molecular complexity index is 542. The summed E-state index contributed by atoms with van der Waals surface area (Å²) in [7, 11) is 0. The summed E-state index contributed by atoms with van der Waals surface area (Å²) in [5.41, 5.74) is 1.45. The molecule has 2 saturated heterocycles. The van der Waals surface area contributed by atoms with Crippen LogP contribution in [0, 0.1) is 11.8 Å². The molecule has 22 heavy (non-hydrogen) atoms. The molecule has 4 rings (SSSR count). The predicted octanol–water partition coefficient (Wildman–Crippen LogP) is 3.38. The second-order valence-corrected chi connectivity index (χ2v) is 7.18. The van der Waals surface area contributed by atoms with Gasteiger partial charge in [-0.15, -0.1) is 0 Å². The number of esters is 1. The molecule has 0 N–H and O–H groups in total. The van der Waals surface area contributed by atoms with Crippen LogP contribution in [0.5, 0.6) is 0 Å². The number of hydrogen-bond acceptors (Lipinski definition) is 3. The topological polar surface area (TPSA) is 29.5 Å². The fraction of sp³-hybridized carbons (Fsp3) is 0.632. The summed E-state index contributed by atoms with van der Waals surface area (Å²) >= 11 is 0. The lowest BCUT2D eigenvalue weighted by Gasteiger charge is -2.38. The number of benzene rings is 1. The van der Waals surface area contributed by atoms with E-state index in [9.17, 15) is 4.79 Å². The van der Waals surface area contributed by atoms with Gasteiger partial charge < -0.3 is 4.74 Å². The molecule has 3 aliphatic rings. The van der Waals surface area contributed by atoms with Gasteiger partial charge in [-0.05, 0) is 50.0 Å². The van der Waals surface area contributed by atoms with Gasteiger partial charge in [0, 0.05) is 18.1 Å². The number of carbonyl (C=O) groups is 1. The quantitative estimate of drug-likeness (QED) is 0.781. The van der Waals surface area contributed by atoms with Gasteiger partial charge in [0.05, 0.1) is 13.0 Å². The third-order valence-corrected chi connectivity index (χ3v) is 6.29. The molecule has 3 heteroatoms. The minimum atomic E-state index is 0.0000108. The van der Waals surface area contributed by atoms with Crippen LogP contribution < -0.4 is 0 Å². The van der Waals surface area contributed by atoms with E-state index in [1.54, 1.807) is 0 Å². The summed E-state index contributed by atoms with van der Waals surface area (Å²) in [5.74, 6) is 1.40. The van der Waals surface area contributed by atoms with Crippen molar-refractivity contribution in [3.8, 4) is 0 Å². The highest BCUT2D eigenvalue weighted by atomic mass is 16.5. The lowest BCUT2D eigenvalue weighted by atomic mass is 9.75. The van der Waals surface area contributed by atoms with Gasteiger partial charge in [0.25, 0.3) is 0 Å². The van der Waals surface area contributed by atoms with Crippen molar-refractivity contribution >= 4 is 5.97 Å². The maximum atomic E-state index is 12.2. The van der Waals surface area contributed by atoms with Crippen LogP contribution in [0.1, 0.15) is 44.6 Å². The van der Waals surface area contributed by atoms with E-state index < -0.39 is 0 Å². The first-order chi connectivity index (χ1) is 10.7. The van der Waals surface area contributed by atoms with E-state index in [1.165, 1.54) is 31.2 Å². The third kappa shape index (κ3) is 2.02. The van der Waals surface area contributed by atoms with Crippen molar-refractivity contribution in [3.05, 3.63) is 35.9 Å². The van der Waals surface area contributed by atoms with Gasteiger partial charge in [0.15, 0.2) is 0 Å². The van der Waals surface area contributed by atoms with E-state index in [2.05, 4.69) is 35.2 Å². The van der Waals surface area contributed by atoms with Crippen molar-refractivity contribution in [2.45, 2.75) is 57.2 Å². The van der Waals surface area contributed by atoms with Gasteiger partial charge in [-0.1, -0.05) is 30.3 Å². The average Bonchev–Trinajstić information content (AvgIpc) is 2.99. The molecule has 0 aromatic heterocycles. The van der Waals surface area contributed by atoms with E-state index in [-0.39, 0.29) is 11.5 Å². The fourth-order valence-corrected chi connectivity index (χ4v) is 5.59. The summed E-state index contributed by atoms with van der Waals surface area (Å²) in [5, 5.41) is 0. The molecule has 4 atom stereocenters. The summed E-state index contributed by atoms with van der Waals surface area (Å²) in [6, 6.07) is 11.4. The highest BCUT2D eigenvalue weighted by Crippen LogP contribution is 2.63. The molecule has 0 amide bonds. The van der Waals surface area contributed by atoms with Crippen LogP contribution in [-0.2, 0) is 16.1 Å². The Morgan fingerprint density at radius 1 is 1.23 bits per heavy atom. The van der Waals surface area contributed by atoms with Crippen LogP contribution in [0.3, 0.4) is 0 Å². The van der Waals surface area contributed by atoms with Gasteiger partial charge in [-0.3, -0.25) is 9.69 Å². The highest BCUT2D eigenvalue weighted by Gasteiger charge is 2.66. The molecule has 118 valence electrons. The molecule has 1 aromatic carbocycles. The zero-order valence-electron chi connectivity index (χ0n) is 13.3. The monoisotopic (exact) mass is 299 g/mol. The van der Waals surface area contributed by atoms with Crippen molar-refractivity contribution < 1.29 is 9.53 Å². The van der Waals surface area contributed by atoms with Gasteiger partial charge in [0.1, 0.15) is 0 Å². The number of rotatable bonds is 5. The Labute approximate surface area is 132 Å². The molecule has 1 aromatic rings. The van der Waals surface area contributed by atoms with Gasteiger partial charge in [0.2, 0.25) is 0 Å². The smallest absolute Gasteiger partial charge is 0.307 e. The summed E-state index contributed by atoms with van der Waals surface area (Å²) < 4.78 is 5.31. The lowest BCUT2D eigenvalue weighted by molar-refractivity contribution is -0.147. The van der Waals surface area contributed by atoms with Crippen molar-refractivity contribution in [1.82, 2.24) is 4.90 Å². The Hall–Kier alpha value is -1.35. The summed E-state index contributed by atoms with van der Waals surface area (Å²) in [6.07, 6.45) is 5.75. The number of fused-ring (bicyclic) bond motifs is 1. The molecule has 2 heterocycles. The minimum Gasteiger partial charge on any atom is -0.466 e. The first kappa shape index (κ1) is 14.3. The summed E-state index contributed by atoms with van der Waals surface area (Å²) in [4.78, 5) is 14.9. The van der Waals surface area contributed by atoms with Gasteiger partial charge in [-0.25, -0.2) is 0 Å². The van der Waals surface area contributed by atoms with Crippen molar-refractivity contribution in [2.75, 3.05) is 6.61 Å². The van der Waals surface area contributed by atoms with E-state index in [0.29, 0.717) is 30.9 Å². The fourth-order valence-electron chi connectivity index (χ4n) is 5.59. The van der Waals surface area contributed by atoms with E-state index in [1.807, 2.05) is 6.92 Å². The number of nitrogens with zero attached hydrogens (tertiary/aromatic N) is 1. The normalized spacial score (nSPS) is 36.0. The maximum Gasteiger partial charge on any atom is 0.307 e. The maximum absolute atomic E-state index is 12.2. The van der Waals surface area contributed by atoms with E-state index in [4.69, 9.17) is 4.74 Å². The summed E-state index contributed by atoms with van der Waals surface area (Å²) in [6.45, 7) is 3.38. The molecule has 2 aliphatic heterocycles. The second-order valence-electron chi connectivity index (χ2n) is 7.18. The molecular weight excluding hydrogens is 274 g/mol. The molecule has 1 aliphatic carbocycles. The van der Waals surface area contributed by atoms with Crippen LogP contribution in [0.2, 0.25) is 0 Å². The second kappa shape index (κ2) is 5.38. The van der Waals surface area contributed by atoms with Gasteiger partial charge in [-0.2, -0.15) is 0 Å². The molecule has 3 nitrogen and oxygen atoms in total. The van der Waals surface area contributed by atoms with Crippen LogP contribution >= 0.6 is 0 Å². The average molecular weight is 299 g/mol. The molecule has 2 unspecified atom stereocenters. The number of carbonyl (C=O) groups excluding carboxylic acids is 1. The van der Waals surface area contributed by atoms with Crippen LogP contribution in [0.4, 0.5) is 0 Å². The standard InChI is InChI=1S/C19H25NO2/c1-2-22-18(21)12-19-15-8-9-16(19)11-17(10-15)20(19)13-14-6-4-3-5-7-14/h3-7,15-17H,2,8-13H2,1H3/t15-,16+,17?,19?. The van der Waals surface area contributed by atoms with Gasteiger partial charge >= 0.3 is 5.97 Å². The Kier molecular flexibility index (Phi) is 3.48. The zero-order chi connectivity index (χ0) is 15.2. The molecule has 0 spiro atoms. The SMILES string of the molecule is CCOC(=O)CC12[C@@H]3CC[C@H]1CC(C3)N2Cc1ccccc1. The molecule has 0 radical (unpaired) electrons. The van der Waals surface area contributed by atoms with E-state index in [0.717, 1.165) is 6.54 Å². The van der Waals surface area contributed by atoms with E-state index >= 15 is 0 Å². The largest absolute Gasteiger partial charge is 0.466 e. The number of ether oxygens (including phenoxy) is 1. The van der Waals surface area contributed by atoms with Crippen molar-refractivity contribution in [1.29, 1.82) is 0 Å². The first-order valence-electron chi connectivity index (χ1n) is 8.70. The number of hydrogen-bond donors (Lipinski definition) is 0. The zero-order valence-corrected chi connectivity index (χ0v) is 13.3. The third-order valence-electron chi connectivity index (χ3n) is 6.29. The van der Waals surface area contributed by atoms with Crippen LogP contribution in [0.25, 0.3) is 0 Å².